The van der Waals surface area contributed by atoms with Crippen molar-refractivity contribution in [3.05, 3.63) is 29.1 Å². The van der Waals surface area contributed by atoms with Crippen LogP contribution in [0.5, 0.6) is 5.75 Å². The quantitative estimate of drug-likeness (QED) is 0.852. The maximum absolute atomic E-state index is 14.0. The zero-order valence-electron chi connectivity index (χ0n) is 11.2. The summed E-state index contributed by atoms with van der Waals surface area (Å²) in [5.41, 5.74) is 0.955. The summed E-state index contributed by atoms with van der Waals surface area (Å²) in [5.74, 6) is -0.940. The number of carbonyl (C=O) groups is 1. The second-order valence-electron chi connectivity index (χ2n) is 4.62. The molecule has 1 aromatic rings. The molecular weight excluding hydrogens is 249 g/mol. The smallest absolute Gasteiger partial charge is 0.341 e. The molecule has 5 heteroatoms. The van der Waals surface area contributed by atoms with E-state index in [1.54, 1.807) is 6.07 Å². The van der Waals surface area contributed by atoms with Gasteiger partial charge >= 0.3 is 5.97 Å². The van der Waals surface area contributed by atoms with Crippen LogP contribution in [0.1, 0.15) is 34.7 Å². The standard InChI is InChI=1S/C14H18FNO3/c1-18-13-11(14(17)19-2)6-10(7-12(13)15)9-4-3-5-16-8-9/h6-7,9,16H,3-5,8H2,1-2H3. The number of benzene rings is 1. The molecule has 19 heavy (non-hydrogen) atoms. The minimum Gasteiger partial charge on any atom is -0.493 e. The number of nitrogens with one attached hydrogen (secondary N) is 1. The van der Waals surface area contributed by atoms with E-state index in [9.17, 15) is 9.18 Å². The Morgan fingerprint density at radius 1 is 1.42 bits per heavy atom. The number of carbonyl (C=O) groups excluding carboxylic acids is 1. The van der Waals surface area contributed by atoms with E-state index in [2.05, 4.69) is 10.1 Å². The van der Waals surface area contributed by atoms with Crippen LogP contribution in [0.15, 0.2) is 12.1 Å². The summed E-state index contributed by atoms with van der Waals surface area (Å²) in [4.78, 5) is 11.7. The molecule has 1 aromatic carbocycles. The molecule has 4 nitrogen and oxygen atoms in total. The molecule has 0 saturated carbocycles. The predicted octanol–water partition coefficient (Wildman–Crippen LogP) is 2.09. The van der Waals surface area contributed by atoms with E-state index in [-0.39, 0.29) is 17.2 Å². The van der Waals surface area contributed by atoms with E-state index < -0.39 is 11.8 Å². The second kappa shape index (κ2) is 6.02. The van der Waals surface area contributed by atoms with Gasteiger partial charge in [-0.05, 0) is 43.0 Å². The summed E-state index contributed by atoms with van der Waals surface area (Å²) in [7, 11) is 2.61. The zero-order chi connectivity index (χ0) is 13.8. The molecule has 1 aliphatic heterocycles. The molecule has 0 aliphatic carbocycles. The van der Waals surface area contributed by atoms with E-state index in [1.807, 2.05) is 0 Å². The van der Waals surface area contributed by atoms with Gasteiger partial charge in [0.1, 0.15) is 5.56 Å². The molecule has 1 fully saturated rings. The molecule has 1 heterocycles. The van der Waals surface area contributed by atoms with Crippen LogP contribution in [-0.4, -0.2) is 33.3 Å². The van der Waals surface area contributed by atoms with Gasteiger partial charge in [-0.25, -0.2) is 9.18 Å². The third-order valence-corrected chi connectivity index (χ3v) is 3.44. The Hall–Kier alpha value is -1.62. The highest BCUT2D eigenvalue weighted by Crippen LogP contribution is 2.31. The van der Waals surface area contributed by atoms with Crippen LogP contribution in [0.2, 0.25) is 0 Å². The molecule has 0 amide bonds. The Balaban J connectivity index is 2.40. The van der Waals surface area contributed by atoms with Crippen molar-refractivity contribution in [3.63, 3.8) is 0 Å². The van der Waals surface area contributed by atoms with Gasteiger partial charge in [-0.15, -0.1) is 0 Å². The zero-order valence-corrected chi connectivity index (χ0v) is 11.2. The Kier molecular flexibility index (Phi) is 4.37. The van der Waals surface area contributed by atoms with Crippen LogP contribution in [0, 0.1) is 5.82 Å². The van der Waals surface area contributed by atoms with Crippen LogP contribution in [0.25, 0.3) is 0 Å². The largest absolute Gasteiger partial charge is 0.493 e. The maximum atomic E-state index is 14.0. The van der Waals surface area contributed by atoms with E-state index >= 15 is 0 Å². The van der Waals surface area contributed by atoms with Crippen molar-refractivity contribution in [1.29, 1.82) is 0 Å². The Morgan fingerprint density at radius 2 is 2.21 bits per heavy atom. The third kappa shape index (κ3) is 2.87. The molecule has 1 saturated heterocycles. The SMILES string of the molecule is COC(=O)c1cc(C2CCCNC2)cc(F)c1OC. The molecular formula is C14H18FNO3. The summed E-state index contributed by atoms with van der Waals surface area (Å²) in [6.45, 7) is 1.78. The number of hydrogen-bond acceptors (Lipinski definition) is 4. The molecule has 0 spiro atoms. The topological polar surface area (TPSA) is 47.6 Å². The van der Waals surface area contributed by atoms with Gasteiger partial charge in [0.2, 0.25) is 0 Å². The predicted molar refractivity (Wildman–Crippen MR) is 69.1 cm³/mol. The minimum absolute atomic E-state index is 0.0561. The van der Waals surface area contributed by atoms with Crippen LogP contribution >= 0.6 is 0 Å². The lowest BCUT2D eigenvalue weighted by Crippen LogP contribution is -2.28. The van der Waals surface area contributed by atoms with Crippen molar-refractivity contribution in [1.82, 2.24) is 5.32 Å². The summed E-state index contributed by atoms with van der Waals surface area (Å²) in [6, 6.07) is 3.12. The summed E-state index contributed by atoms with van der Waals surface area (Å²) < 4.78 is 23.6. The number of ether oxygens (including phenoxy) is 2. The number of hydrogen-bond donors (Lipinski definition) is 1. The van der Waals surface area contributed by atoms with Crippen molar-refractivity contribution in [2.24, 2.45) is 0 Å². The fraction of sp³-hybridized carbons (Fsp3) is 0.500. The van der Waals surface area contributed by atoms with Gasteiger partial charge in [-0.1, -0.05) is 0 Å². The Morgan fingerprint density at radius 3 is 2.79 bits per heavy atom. The Bertz CT molecular complexity index is 470. The first-order valence-corrected chi connectivity index (χ1v) is 6.33. The first-order valence-electron chi connectivity index (χ1n) is 6.33. The minimum atomic E-state index is -0.582. The van der Waals surface area contributed by atoms with E-state index in [4.69, 9.17) is 4.74 Å². The molecule has 104 valence electrons. The van der Waals surface area contributed by atoms with Crippen molar-refractivity contribution >= 4 is 5.97 Å². The first-order chi connectivity index (χ1) is 9.17. The second-order valence-corrected chi connectivity index (χ2v) is 4.62. The van der Waals surface area contributed by atoms with Gasteiger partial charge in [0.05, 0.1) is 14.2 Å². The lowest BCUT2D eigenvalue weighted by Gasteiger charge is -2.24. The fourth-order valence-electron chi connectivity index (χ4n) is 2.46. The fourth-order valence-corrected chi connectivity index (χ4v) is 2.46. The third-order valence-electron chi connectivity index (χ3n) is 3.44. The van der Waals surface area contributed by atoms with Gasteiger partial charge < -0.3 is 14.8 Å². The lowest BCUT2D eigenvalue weighted by molar-refractivity contribution is 0.0596. The summed E-state index contributed by atoms with van der Waals surface area (Å²) in [6.07, 6.45) is 2.03. The molecule has 1 aliphatic rings. The highest BCUT2D eigenvalue weighted by atomic mass is 19.1. The molecule has 1 N–H and O–H groups in total. The van der Waals surface area contributed by atoms with Crippen molar-refractivity contribution in [2.45, 2.75) is 18.8 Å². The summed E-state index contributed by atoms with van der Waals surface area (Å²) >= 11 is 0. The molecule has 0 bridgehead atoms. The number of piperidine rings is 1. The van der Waals surface area contributed by atoms with Crippen LogP contribution < -0.4 is 10.1 Å². The maximum Gasteiger partial charge on any atom is 0.341 e. The Labute approximate surface area is 111 Å². The van der Waals surface area contributed by atoms with E-state index in [0.29, 0.717) is 0 Å². The summed E-state index contributed by atoms with van der Waals surface area (Å²) in [5, 5.41) is 3.27. The first kappa shape index (κ1) is 13.8. The van der Waals surface area contributed by atoms with Crippen LogP contribution in [-0.2, 0) is 4.74 Å². The molecule has 2 rings (SSSR count). The van der Waals surface area contributed by atoms with Gasteiger partial charge in [0.25, 0.3) is 0 Å². The van der Waals surface area contributed by atoms with Crippen LogP contribution in [0.3, 0.4) is 0 Å². The molecule has 0 radical (unpaired) electrons. The van der Waals surface area contributed by atoms with E-state index in [0.717, 1.165) is 31.5 Å². The van der Waals surface area contributed by atoms with Crippen LogP contribution in [0.4, 0.5) is 4.39 Å². The number of halogens is 1. The molecule has 0 aromatic heterocycles. The van der Waals surface area contributed by atoms with Crippen molar-refractivity contribution < 1.29 is 18.7 Å². The highest BCUT2D eigenvalue weighted by molar-refractivity contribution is 5.92. The number of esters is 1. The molecule has 1 atom stereocenters. The normalized spacial score (nSPS) is 19.0. The lowest BCUT2D eigenvalue weighted by atomic mass is 9.90. The average molecular weight is 267 g/mol. The van der Waals surface area contributed by atoms with E-state index in [1.165, 1.54) is 20.3 Å². The van der Waals surface area contributed by atoms with Gasteiger partial charge in [0.15, 0.2) is 11.6 Å². The van der Waals surface area contributed by atoms with Crippen molar-refractivity contribution in [2.75, 3.05) is 27.3 Å². The van der Waals surface area contributed by atoms with Crippen molar-refractivity contribution in [3.8, 4) is 5.75 Å². The number of methoxy groups -OCH3 is 2. The number of rotatable bonds is 3. The average Bonchev–Trinajstić information content (AvgIpc) is 2.46. The van der Waals surface area contributed by atoms with Gasteiger partial charge in [0, 0.05) is 6.54 Å². The van der Waals surface area contributed by atoms with Gasteiger partial charge in [-0.3, -0.25) is 0 Å². The highest BCUT2D eigenvalue weighted by Gasteiger charge is 2.23. The monoisotopic (exact) mass is 267 g/mol. The van der Waals surface area contributed by atoms with Gasteiger partial charge in [-0.2, -0.15) is 0 Å². The molecule has 1 unspecified atom stereocenters.